The number of piperidine rings is 1. The largest absolute Gasteiger partial charge is 0.437 e. The highest BCUT2D eigenvalue weighted by Gasteiger charge is 2.42. The number of halogens is 3. The van der Waals surface area contributed by atoms with Crippen molar-refractivity contribution in [1.82, 2.24) is 14.9 Å². The van der Waals surface area contributed by atoms with E-state index >= 15 is 0 Å². The number of carbonyl (C=O) groups excluding carboxylic acids is 2. The van der Waals surface area contributed by atoms with Crippen molar-refractivity contribution in [2.45, 2.75) is 45.2 Å². The standard InChI is InChI=1S/C23H29F3N6O3/c1-2-6-18(33)31-13-11-30(12-14-31)17-8-7-16(15-27-17)28-21(34)19-20(23(24,25)26)29-22(35-19)32-9-4-3-5-10-32/h7-8,15H,2-6,9-14H2,1H3,(H,28,34). The first-order valence-electron chi connectivity index (χ1n) is 11.9. The van der Waals surface area contributed by atoms with Crippen LogP contribution in [-0.4, -0.2) is 66.0 Å². The van der Waals surface area contributed by atoms with E-state index in [4.69, 9.17) is 4.42 Å². The Morgan fingerprint density at radius 2 is 1.74 bits per heavy atom. The summed E-state index contributed by atoms with van der Waals surface area (Å²) in [6.07, 6.45) is 0.552. The number of hydrogen-bond donors (Lipinski definition) is 1. The van der Waals surface area contributed by atoms with Crippen LogP contribution < -0.4 is 15.1 Å². The number of carbonyl (C=O) groups is 2. The monoisotopic (exact) mass is 494 g/mol. The predicted octanol–water partition coefficient (Wildman–Crippen LogP) is 3.78. The predicted molar refractivity (Wildman–Crippen MR) is 123 cm³/mol. The summed E-state index contributed by atoms with van der Waals surface area (Å²) >= 11 is 0. The molecule has 2 saturated heterocycles. The molecule has 0 aliphatic carbocycles. The lowest BCUT2D eigenvalue weighted by atomic mass is 10.1. The molecule has 2 aromatic rings. The van der Waals surface area contributed by atoms with Crippen molar-refractivity contribution >= 4 is 29.3 Å². The number of nitrogens with one attached hydrogen (secondary N) is 1. The molecular formula is C23H29F3N6O3. The number of amides is 2. The van der Waals surface area contributed by atoms with Crippen molar-refractivity contribution in [1.29, 1.82) is 0 Å². The molecule has 4 rings (SSSR count). The highest BCUT2D eigenvalue weighted by molar-refractivity contribution is 6.03. The van der Waals surface area contributed by atoms with Crippen LogP contribution in [0.15, 0.2) is 22.7 Å². The summed E-state index contributed by atoms with van der Waals surface area (Å²) in [6.45, 7) is 5.49. The maximum absolute atomic E-state index is 13.5. The van der Waals surface area contributed by atoms with E-state index in [0.717, 1.165) is 25.7 Å². The van der Waals surface area contributed by atoms with Crippen LogP contribution in [0.4, 0.5) is 30.7 Å². The average molecular weight is 495 g/mol. The summed E-state index contributed by atoms with van der Waals surface area (Å²) in [6, 6.07) is 3.07. The van der Waals surface area contributed by atoms with Gasteiger partial charge in [0.05, 0.1) is 11.9 Å². The second-order valence-electron chi connectivity index (χ2n) is 8.70. The van der Waals surface area contributed by atoms with Gasteiger partial charge in [0, 0.05) is 45.7 Å². The highest BCUT2D eigenvalue weighted by Crippen LogP contribution is 2.35. The molecule has 2 amide bonds. The van der Waals surface area contributed by atoms with Crippen molar-refractivity contribution in [2.24, 2.45) is 0 Å². The fourth-order valence-electron chi connectivity index (χ4n) is 4.27. The van der Waals surface area contributed by atoms with Gasteiger partial charge in [0.1, 0.15) is 5.82 Å². The van der Waals surface area contributed by atoms with Crippen molar-refractivity contribution < 1.29 is 27.2 Å². The molecule has 0 aromatic carbocycles. The molecule has 9 nitrogen and oxygen atoms in total. The Hall–Kier alpha value is -3.31. The van der Waals surface area contributed by atoms with Gasteiger partial charge in [-0.25, -0.2) is 4.98 Å². The van der Waals surface area contributed by atoms with Gasteiger partial charge in [-0.2, -0.15) is 18.2 Å². The van der Waals surface area contributed by atoms with Gasteiger partial charge in [-0.05, 0) is 37.8 Å². The van der Waals surface area contributed by atoms with Crippen molar-refractivity contribution in [2.75, 3.05) is 54.4 Å². The van der Waals surface area contributed by atoms with E-state index < -0.39 is 23.5 Å². The first-order chi connectivity index (χ1) is 16.8. The number of nitrogens with zero attached hydrogens (tertiary/aromatic N) is 5. The third-order valence-corrected chi connectivity index (χ3v) is 6.14. The molecule has 2 aromatic heterocycles. The molecule has 1 N–H and O–H groups in total. The summed E-state index contributed by atoms with van der Waals surface area (Å²) in [4.78, 5) is 38.1. The Labute approximate surface area is 201 Å². The zero-order valence-electron chi connectivity index (χ0n) is 19.6. The molecule has 190 valence electrons. The summed E-state index contributed by atoms with van der Waals surface area (Å²) in [5.74, 6) is -1.10. The van der Waals surface area contributed by atoms with E-state index in [1.807, 2.05) is 16.7 Å². The zero-order valence-corrected chi connectivity index (χ0v) is 19.6. The topological polar surface area (TPSA) is 94.8 Å². The normalized spacial score (nSPS) is 17.0. The second-order valence-corrected chi connectivity index (χ2v) is 8.70. The van der Waals surface area contributed by atoms with Gasteiger partial charge >= 0.3 is 6.18 Å². The van der Waals surface area contributed by atoms with E-state index in [2.05, 4.69) is 15.3 Å². The number of alkyl halides is 3. The Morgan fingerprint density at radius 3 is 2.34 bits per heavy atom. The molecule has 4 heterocycles. The molecule has 0 atom stereocenters. The number of anilines is 3. The van der Waals surface area contributed by atoms with Gasteiger partial charge in [0.2, 0.25) is 11.7 Å². The smallest absolute Gasteiger partial charge is 0.417 e. The number of piperazine rings is 1. The number of hydrogen-bond acceptors (Lipinski definition) is 7. The van der Waals surface area contributed by atoms with Crippen LogP contribution in [0.1, 0.15) is 55.3 Å². The summed E-state index contributed by atoms with van der Waals surface area (Å²) in [5, 5.41) is 2.43. The Morgan fingerprint density at radius 1 is 1.03 bits per heavy atom. The van der Waals surface area contributed by atoms with E-state index in [9.17, 15) is 22.8 Å². The van der Waals surface area contributed by atoms with Crippen molar-refractivity contribution in [3.8, 4) is 0 Å². The molecule has 0 unspecified atom stereocenters. The minimum Gasteiger partial charge on any atom is -0.417 e. The minimum absolute atomic E-state index is 0.146. The van der Waals surface area contributed by atoms with Gasteiger partial charge in [0.15, 0.2) is 5.69 Å². The minimum atomic E-state index is -4.83. The van der Waals surface area contributed by atoms with Crippen LogP contribution in [0.25, 0.3) is 0 Å². The van der Waals surface area contributed by atoms with Crippen LogP contribution >= 0.6 is 0 Å². The maximum atomic E-state index is 13.5. The van der Waals surface area contributed by atoms with Crippen LogP contribution in [0, 0.1) is 0 Å². The average Bonchev–Trinajstić information content (AvgIpc) is 3.32. The Bertz CT molecular complexity index is 1030. The number of pyridine rings is 1. The van der Waals surface area contributed by atoms with Gasteiger partial charge in [0.25, 0.3) is 11.9 Å². The highest BCUT2D eigenvalue weighted by atomic mass is 19.4. The molecular weight excluding hydrogens is 465 g/mol. The first-order valence-corrected chi connectivity index (χ1v) is 11.9. The van der Waals surface area contributed by atoms with Crippen molar-refractivity contribution in [3.05, 3.63) is 29.8 Å². The molecule has 0 bridgehead atoms. The van der Waals surface area contributed by atoms with E-state index in [1.165, 1.54) is 6.20 Å². The second kappa shape index (κ2) is 10.5. The van der Waals surface area contributed by atoms with E-state index in [-0.39, 0.29) is 17.6 Å². The fourth-order valence-corrected chi connectivity index (χ4v) is 4.27. The van der Waals surface area contributed by atoms with Crippen LogP contribution in [0.5, 0.6) is 0 Å². The molecule has 0 spiro atoms. The molecule has 2 fully saturated rings. The van der Waals surface area contributed by atoms with Crippen LogP contribution in [0.2, 0.25) is 0 Å². The maximum Gasteiger partial charge on any atom is 0.437 e. The molecule has 12 heteroatoms. The van der Waals surface area contributed by atoms with Gasteiger partial charge in [-0.1, -0.05) is 6.92 Å². The number of oxazole rings is 1. The first kappa shape index (κ1) is 24.8. The van der Waals surface area contributed by atoms with Crippen LogP contribution in [-0.2, 0) is 11.0 Å². The number of rotatable bonds is 6. The lowest BCUT2D eigenvalue weighted by Gasteiger charge is -2.35. The quantitative estimate of drug-likeness (QED) is 0.653. The van der Waals surface area contributed by atoms with E-state index in [0.29, 0.717) is 51.5 Å². The Balaban J connectivity index is 1.41. The fraction of sp³-hybridized carbons (Fsp3) is 0.565. The molecule has 0 radical (unpaired) electrons. The van der Waals surface area contributed by atoms with Gasteiger partial charge in [-0.15, -0.1) is 0 Å². The molecule has 2 aliphatic rings. The molecule has 2 aliphatic heterocycles. The molecule has 0 saturated carbocycles. The van der Waals surface area contributed by atoms with E-state index in [1.54, 1.807) is 17.0 Å². The lowest BCUT2D eigenvalue weighted by Crippen LogP contribution is -2.49. The van der Waals surface area contributed by atoms with Gasteiger partial charge < -0.3 is 24.4 Å². The lowest BCUT2D eigenvalue weighted by molar-refractivity contribution is -0.141. The third kappa shape index (κ3) is 5.85. The summed E-state index contributed by atoms with van der Waals surface area (Å²) in [7, 11) is 0. The SMILES string of the molecule is CCCC(=O)N1CCN(c2ccc(NC(=O)c3oc(N4CCCCC4)nc3C(F)(F)F)cn2)CC1. The Kier molecular flexibility index (Phi) is 7.46. The molecule has 35 heavy (non-hydrogen) atoms. The zero-order chi connectivity index (χ0) is 25.0. The van der Waals surface area contributed by atoms with Crippen molar-refractivity contribution in [3.63, 3.8) is 0 Å². The summed E-state index contributed by atoms with van der Waals surface area (Å²) < 4.78 is 45.9. The van der Waals surface area contributed by atoms with Crippen LogP contribution in [0.3, 0.4) is 0 Å². The van der Waals surface area contributed by atoms with Gasteiger partial charge in [-0.3, -0.25) is 9.59 Å². The summed E-state index contributed by atoms with van der Waals surface area (Å²) in [5.41, 5.74) is -1.10. The third-order valence-electron chi connectivity index (χ3n) is 6.14. The number of aromatic nitrogens is 2.